The smallest absolute Gasteiger partial charge is 0.177 e. The van der Waals surface area contributed by atoms with Crippen molar-refractivity contribution in [1.29, 1.82) is 5.26 Å². The van der Waals surface area contributed by atoms with Gasteiger partial charge in [0.1, 0.15) is 11.5 Å². The van der Waals surface area contributed by atoms with Crippen molar-refractivity contribution < 1.29 is 19.7 Å². The number of aliphatic hydroxyl groups is 2. The number of nitrogens with zero attached hydrogens (tertiary/aromatic N) is 2. The van der Waals surface area contributed by atoms with E-state index in [4.69, 9.17) is 9.47 Å². The molecule has 2 aromatic carbocycles. The summed E-state index contributed by atoms with van der Waals surface area (Å²) in [6.07, 6.45) is 1.88. The van der Waals surface area contributed by atoms with Gasteiger partial charge in [0.25, 0.3) is 0 Å². The maximum Gasteiger partial charge on any atom is 0.177 e. The molecule has 0 saturated heterocycles. The van der Waals surface area contributed by atoms with Crippen molar-refractivity contribution in [3.05, 3.63) is 89.2 Å². The summed E-state index contributed by atoms with van der Waals surface area (Å²) in [6.45, 7) is 0.452. The summed E-state index contributed by atoms with van der Waals surface area (Å²) in [7, 11) is 3.32. The molecule has 5 rings (SSSR count). The molecule has 7 nitrogen and oxygen atoms in total. The molecule has 1 aromatic heterocycles. The number of rotatable bonds is 5. The van der Waals surface area contributed by atoms with Gasteiger partial charge in [0, 0.05) is 18.4 Å². The first-order valence-electron chi connectivity index (χ1n) is 10.8. The van der Waals surface area contributed by atoms with Crippen molar-refractivity contribution in [3.63, 3.8) is 0 Å². The lowest BCUT2D eigenvalue weighted by molar-refractivity contribution is -0.152. The van der Waals surface area contributed by atoms with Gasteiger partial charge in [-0.1, -0.05) is 42.5 Å². The third kappa shape index (κ3) is 2.75. The minimum atomic E-state index is -1.83. The van der Waals surface area contributed by atoms with Gasteiger partial charge in [-0.05, 0) is 30.3 Å². The van der Waals surface area contributed by atoms with Crippen LogP contribution in [0.3, 0.4) is 0 Å². The van der Waals surface area contributed by atoms with Crippen molar-refractivity contribution in [2.75, 3.05) is 20.7 Å². The normalized spacial score (nSPS) is 29.6. The van der Waals surface area contributed by atoms with E-state index in [1.165, 1.54) is 13.3 Å². The molecular weight excluding hydrogens is 418 g/mol. The van der Waals surface area contributed by atoms with Crippen LogP contribution in [0, 0.1) is 17.2 Å². The molecule has 0 amide bonds. The summed E-state index contributed by atoms with van der Waals surface area (Å²) >= 11 is 0. The monoisotopic (exact) mass is 443 g/mol. The molecule has 0 unspecified atom stereocenters. The number of nitriles is 1. The van der Waals surface area contributed by atoms with Crippen molar-refractivity contribution >= 4 is 0 Å². The maximum absolute atomic E-state index is 12.5. The zero-order valence-corrected chi connectivity index (χ0v) is 18.4. The van der Waals surface area contributed by atoms with Crippen LogP contribution in [-0.4, -0.2) is 42.0 Å². The number of aromatic nitrogens is 1. The first-order chi connectivity index (χ1) is 16.0. The highest BCUT2D eigenvalue weighted by Crippen LogP contribution is 2.69. The van der Waals surface area contributed by atoms with Gasteiger partial charge in [-0.2, -0.15) is 5.26 Å². The lowest BCUT2D eigenvalue weighted by Crippen LogP contribution is -2.52. The Balaban J connectivity index is 1.85. The highest BCUT2D eigenvalue weighted by Gasteiger charge is 2.76. The third-order valence-corrected chi connectivity index (χ3v) is 7.06. The number of nitrogens with one attached hydrogen (secondary N) is 1. The van der Waals surface area contributed by atoms with Crippen LogP contribution in [0.15, 0.2) is 67.0 Å². The fraction of sp³-hybridized carbons (Fsp3) is 0.308. The number of pyridine rings is 1. The Morgan fingerprint density at radius 3 is 2.52 bits per heavy atom. The molecule has 0 radical (unpaired) electrons. The van der Waals surface area contributed by atoms with Crippen molar-refractivity contribution in [3.8, 4) is 17.6 Å². The van der Waals surface area contributed by atoms with Crippen LogP contribution < -0.4 is 14.8 Å². The molecule has 0 spiro atoms. The molecule has 5 atom stereocenters. The Labute approximate surface area is 192 Å². The summed E-state index contributed by atoms with van der Waals surface area (Å²) in [6, 6.07) is 18.9. The molecule has 3 N–H and O–H groups in total. The second-order valence-corrected chi connectivity index (χ2v) is 8.56. The molecule has 0 bridgehead atoms. The average molecular weight is 444 g/mol. The van der Waals surface area contributed by atoms with Crippen LogP contribution in [-0.2, 0) is 11.2 Å². The zero-order valence-electron chi connectivity index (χ0n) is 18.4. The lowest BCUT2D eigenvalue weighted by atomic mass is 9.70. The van der Waals surface area contributed by atoms with Gasteiger partial charge in [-0.25, -0.2) is 0 Å². The number of hydrogen-bond donors (Lipinski definition) is 3. The van der Waals surface area contributed by atoms with Gasteiger partial charge < -0.3 is 25.0 Å². The third-order valence-electron chi connectivity index (χ3n) is 7.06. The Bertz CT molecular complexity index is 1210. The van der Waals surface area contributed by atoms with Crippen LogP contribution in [0.1, 0.15) is 28.2 Å². The van der Waals surface area contributed by atoms with Crippen LogP contribution in [0.5, 0.6) is 11.5 Å². The molecular formula is C26H25N3O4. The van der Waals surface area contributed by atoms with E-state index in [9.17, 15) is 15.5 Å². The highest BCUT2D eigenvalue weighted by molar-refractivity contribution is 5.59. The molecule has 1 aliphatic heterocycles. The van der Waals surface area contributed by atoms with Gasteiger partial charge in [-0.15, -0.1) is 0 Å². The quantitative estimate of drug-likeness (QED) is 0.556. The van der Waals surface area contributed by atoms with Crippen LogP contribution in [0.2, 0.25) is 0 Å². The molecule has 1 saturated carbocycles. The predicted molar refractivity (Wildman–Crippen MR) is 121 cm³/mol. The van der Waals surface area contributed by atoms with Gasteiger partial charge in [0.15, 0.2) is 11.2 Å². The number of aliphatic hydroxyl groups excluding tert-OH is 1. The minimum absolute atomic E-state index is 0.349. The maximum atomic E-state index is 12.5. The Hall–Kier alpha value is -3.44. The SMILES string of the molecule is CNC[C@H]1[C@@H](O)[C@@]2(O)c3c(OC)cncc3O[C@@]2(c2ccc(C#N)cc2)[C@H]1c1ccccc1. The second kappa shape index (κ2) is 7.85. The van der Waals surface area contributed by atoms with Crippen molar-refractivity contribution in [2.45, 2.75) is 23.2 Å². The first-order valence-corrected chi connectivity index (χ1v) is 10.8. The Morgan fingerprint density at radius 1 is 1.15 bits per heavy atom. The number of hydrogen-bond acceptors (Lipinski definition) is 7. The number of benzene rings is 2. The molecule has 33 heavy (non-hydrogen) atoms. The molecule has 3 aromatic rings. The van der Waals surface area contributed by atoms with Gasteiger partial charge in [0.2, 0.25) is 0 Å². The molecule has 168 valence electrons. The molecule has 1 aliphatic carbocycles. The molecule has 2 aliphatic rings. The van der Waals surface area contributed by atoms with Crippen LogP contribution >= 0.6 is 0 Å². The first kappa shape index (κ1) is 21.4. The predicted octanol–water partition coefficient (Wildman–Crippen LogP) is 2.43. The van der Waals surface area contributed by atoms with E-state index >= 15 is 0 Å². The standard InChI is InChI=1S/C26H25N3O4/c1-28-13-19-22(17-6-4-3-5-7-17)26(18-10-8-16(12-27)9-11-18)25(31,24(19)30)23-20(32-2)14-29-15-21(23)33-26/h3-11,14-15,19,22,24,28,30-31H,13H2,1-2H3/t19-,22+,24-,25+,26+/m1/s1. The number of fused-ring (bicyclic) bond motifs is 3. The van der Waals surface area contributed by atoms with Gasteiger partial charge in [0.05, 0.1) is 42.8 Å². The van der Waals surface area contributed by atoms with E-state index in [0.717, 1.165) is 5.56 Å². The van der Waals surface area contributed by atoms with Crippen molar-refractivity contribution in [1.82, 2.24) is 10.3 Å². The van der Waals surface area contributed by atoms with Gasteiger partial charge in [-0.3, -0.25) is 4.98 Å². The minimum Gasteiger partial charge on any atom is -0.495 e. The summed E-state index contributed by atoms with van der Waals surface area (Å²) < 4.78 is 12.2. The van der Waals surface area contributed by atoms with E-state index in [-0.39, 0.29) is 5.92 Å². The summed E-state index contributed by atoms with van der Waals surface area (Å²) in [4.78, 5) is 4.22. The summed E-state index contributed by atoms with van der Waals surface area (Å²) in [5, 5.41) is 36.8. The number of ether oxygens (including phenoxy) is 2. The highest BCUT2D eigenvalue weighted by atomic mass is 16.5. The topological polar surface area (TPSA) is 108 Å². The van der Waals surface area contributed by atoms with E-state index in [1.807, 2.05) is 37.4 Å². The van der Waals surface area contributed by atoms with E-state index in [2.05, 4.69) is 16.4 Å². The Kier molecular flexibility index (Phi) is 5.09. The zero-order chi connectivity index (χ0) is 23.2. The largest absolute Gasteiger partial charge is 0.495 e. The van der Waals surface area contributed by atoms with E-state index in [1.54, 1.807) is 30.5 Å². The fourth-order valence-corrected chi connectivity index (χ4v) is 5.79. The van der Waals surface area contributed by atoms with E-state index < -0.39 is 23.2 Å². The van der Waals surface area contributed by atoms with Crippen LogP contribution in [0.25, 0.3) is 0 Å². The van der Waals surface area contributed by atoms with Gasteiger partial charge >= 0.3 is 0 Å². The fourth-order valence-electron chi connectivity index (χ4n) is 5.79. The summed E-state index contributed by atoms with van der Waals surface area (Å²) in [5.41, 5.74) is -0.730. The Morgan fingerprint density at radius 2 is 1.88 bits per heavy atom. The number of methoxy groups -OCH3 is 1. The van der Waals surface area contributed by atoms with E-state index in [0.29, 0.717) is 34.7 Å². The van der Waals surface area contributed by atoms with Crippen molar-refractivity contribution in [2.24, 2.45) is 5.92 Å². The molecule has 1 fully saturated rings. The molecule has 2 heterocycles. The second-order valence-electron chi connectivity index (χ2n) is 8.56. The van der Waals surface area contributed by atoms with Crippen LogP contribution in [0.4, 0.5) is 0 Å². The summed E-state index contributed by atoms with van der Waals surface area (Å²) in [5.74, 6) is -0.0918. The average Bonchev–Trinajstić information content (AvgIpc) is 3.23. The molecule has 7 heteroatoms. The lowest BCUT2D eigenvalue weighted by Gasteiger charge is -2.41.